The summed E-state index contributed by atoms with van der Waals surface area (Å²) in [5.74, 6) is 0.633. The number of ether oxygens (including phenoxy) is 1. The van der Waals surface area contributed by atoms with Crippen molar-refractivity contribution in [1.29, 1.82) is 0 Å². The van der Waals surface area contributed by atoms with E-state index < -0.39 is 0 Å². The maximum atomic E-state index is 10.8. The van der Waals surface area contributed by atoms with Crippen LogP contribution >= 0.6 is 0 Å². The minimum absolute atomic E-state index is 0.0969. The summed E-state index contributed by atoms with van der Waals surface area (Å²) in [5, 5.41) is 13.8. The van der Waals surface area contributed by atoms with Crippen molar-refractivity contribution in [2.75, 3.05) is 25.1 Å². The Morgan fingerprint density at radius 2 is 2.06 bits per heavy atom. The number of nitro benzene ring substituents is 1. The molecule has 0 atom stereocenters. The van der Waals surface area contributed by atoms with Crippen molar-refractivity contribution in [2.24, 2.45) is 5.92 Å². The Balaban J connectivity index is 2.29. The maximum absolute atomic E-state index is 10.8. The average Bonchev–Trinajstić information content (AvgIpc) is 2.33. The molecule has 5 nitrogen and oxygen atoms in total. The Morgan fingerprint density at radius 3 is 2.72 bits per heavy atom. The zero-order valence-electron chi connectivity index (χ0n) is 10.9. The molecule has 18 heavy (non-hydrogen) atoms. The molecule has 0 radical (unpaired) electrons. The lowest BCUT2D eigenvalue weighted by atomic mass is 10.1. The van der Waals surface area contributed by atoms with Crippen LogP contribution in [0.3, 0.4) is 0 Å². The molecule has 0 aromatic heterocycles. The summed E-state index contributed by atoms with van der Waals surface area (Å²) < 4.78 is 5.43. The van der Waals surface area contributed by atoms with E-state index >= 15 is 0 Å². The molecule has 0 spiro atoms. The first kappa shape index (κ1) is 14.4. The first-order valence-electron chi connectivity index (χ1n) is 6.16. The summed E-state index contributed by atoms with van der Waals surface area (Å²) in [4.78, 5) is 10.4. The van der Waals surface area contributed by atoms with Crippen LogP contribution < -0.4 is 5.32 Å². The van der Waals surface area contributed by atoms with Crippen molar-refractivity contribution in [3.63, 3.8) is 0 Å². The van der Waals surface area contributed by atoms with Crippen molar-refractivity contribution < 1.29 is 9.66 Å². The minimum Gasteiger partial charge on any atom is -0.380 e. The summed E-state index contributed by atoms with van der Waals surface area (Å²) in [6.45, 7) is 6.15. The van der Waals surface area contributed by atoms with E-state index in [2.05, 4.69) is 19.2 Å². The molecule has 0 heterocycles. The van der Waals surface area contributed by atoms with E-state index in [0.29, 0.717) is 24.8 Å². The molecule has 0 aliphatic rings. The van der Waals surface area contributed by atoms with Crippen LogP contribution in [0.2, 0.25) is 0 Å². The highest BCUT2D eigenvalue weighted by atomic mass is 16.6. The number of hydrogen-bond donors (Lipinski definition) is 1. The van der Waals surface area contributed by atoms with Gasteiger partial charge in [0.25, 0.3) is 5.69 Å². The van der Waals surface area contributed by atoms with Crippen LogP contribution in [0.25, 0.3) is 0 Å². The van der Waals surface area contributed by atoms with Gasteiger partial charge in [0.1, 0.15) is 5.69 Å². The van der Waals surface area contributed by atoms with Gasteiger partial charge in [0.05, 0.1) is 11.5 Å². The standard InChI is InChI=1S/C13H20N2O3/c1-11(2)7-9-18-10-8-14-12-5-3-4-6-13(12)15(16)17/h3-6,11,14H,7-10H2,1-2H3. The summed E-state index contributed by atoms with van der Waals surface area (Å²) in [5.41, 5.74) is 0.634. The van der Waals surface area contributed by atoms with Gasteiger partial charge in [0.15, 0.2) is 0 Å². The molecule has 0 aliphatic heterocycles. The van der Waals surface area contributed by atoms with Gasteiger partial charge in [-0.25, -0.2) is 0 Å². The van der Waals surface area contributed by atoms with Gasteiger partial charge in [-0.1, -0.05) is 26.0 Å². The molecule has 0 bridgehead atoms. The van der Waals surface area contributed by atoms with Crippen LogP contribution in [-0.2, 0) is 4.74 Å². The smallest absolute Gasteiger partial charge is 0.292 e. The predicted octanol–water partition coefficient (Wildman–Crippen LogP) is 3.07. The molecule has 1 aromatic carbocycles. The summed E-state index contributed by atoms with van der Waals surface area (Å²) in [6.07, 6.45) is 1.03. The molecule has 0 saturated carbocycles. The SMILES string of the molecule is CC(C)CCOCCNc1ccccc1[N+](=O)[O-]. The zero-order valence-corrected chi connectivity index (χ0v) is 10.9. The Labute approximate surface area is 107 Å². The topological polar surface area (TPSA) is 64.4 Å². The maximum Gasteiger partial charge on any atom is 0.292 e. The Hall–Kier alpha value is -1.62. The van der Waals surface area contributed by atoms with Crippen LogP contribution in [0.4, 0.5) is 11.4 Å². The lowest BCUT2D eigenvalue weighted by Crippen LogP contribution is -2.11. The van der Waals surface area contributed by atoms with E-state index in [1.807, 2.05) is 0 Å². The molecule has 1 rings (SSSR count). The van der Waals surface area contributed by atoms with Gasteiger partial charge in [-0.3, -0.25) is 10.1 Å². The van der Waals surface area contributed by atoms with Crippen molar-refractivity contribution in [2.45, 2.75) is 20.3 Å². The second-order valence-corrected chi connectivity index (χ2v) is 4.50. The number of hydrogen-bond acceptors (Lipinski definition) is 4. The number of nitro groups is 1. The molecule has 0 amide bonds. The molecule has 5 heteroatoms. The van der Waals surface area contributed by atoms with Crippen LogP contribution in [0.5, 0.6) is 0 Å². The van der Waals surface area contributed by atoms with Crippen LogP contribution in [-0.4, -0.2) is 24.7 Å². The highest BCUT2D eigenvalue weighted by Crippen LogP contribution is 2.22. The van der Waals surface area contributed by atoms with Gasteiger partial charge in [0.2, 0.25) is 0 Å². The number of anilines is 1. The molecule has 0 unspecified atom stereocenters. The highest BCUT2D eigenvalue weighted by molar-refractivity contribution is 5.60. The fourth-order valence-corrected chi connectivity index (χ4v) is 1.46. The second-order valence-electron chi connectivity index (χ2n) is 4.50. The van der Waals surface area contributed by atoms with Crippen LogP contribution in [0.1, 0.15) is 20.3 Å². The van der Waals surface area contributed by atoms with Crippen molar-refractivity contribution in [3.8, 4) is 0 Å². The van der Waals surface area contributed by atoms with Gasteiger partial charge in [-0.05, 0) is 18.4 Å². The first-order chi connectivity index (χ1) is 8.61. The Morgan fingerprint density at radius 1 is 1.33 bits per heavy atom. The lowest BCUT2D eigenvalue weighted by molar-refractivity contribution is -0.384. The number of nitrogens with zero attached hydrogens (tertiary/aromatic N) is 1. The van der Waals surface area contributed by atoms with Crippen molar-refractivity contribution >= 4 is 11.4 Å². The molecule has 100 valence electrons. The van der Waals surface area contributed by atoms with Crippen LogP contribution in [0.15, 0.2) is 24.3 Å². The summed E-state index contributed by atoms with van der Waals surface area (Å²) in [6, 6.07) is 6.62. The molecule has 0 aliphatic carbocycles. The van der Waals surface area contributed by atoms with Gasteiger partial charge < -0.3 is 10.1 Å². The van der Waals surface area contributed by atoms with E-state index in [0.717, 1.165) is 13.0 Å². The quantitative estimate of drug-likeness (QED) is 0.438. The third kappa shape index (κ3) is 5.14. The number of benzene rings is 1. The second kappa shape index (κ2) is 7.66. The Bertz CT molecular complexity index is 380. The van der Waals surface area contributed by atoms with Crippen molar-refractivity contribution in [3.05, 3.63) is 34.4 Å². The fraction of sp³-hybridized carbons (Fsp3) is 0.538. The molecule has 1 N–H and O–H groups in total. The molecular weight excluding hydrogens is 232 g/mol. The van der Waals surface area contributed by atoms with Gasteiger partial charge in [0, 0.05) is 19.2 Å². The highest BCUT2D eigenvalue weighted by Gasteiger charge is 2.10. The van der Waals surface area contributed by atoms with Gasteiger partial charge in [-0.15, -0.1) is 0 Å². The first-order valence-corrected chi connectivity index (χ1v) is 6.16. The zero-order chi connectivity index (χ0) is 13.4. The van der Waals surface area contributed by atoms with E-state index in [-0.39, 0.29) is 10.6 Å². The molecule has 0 saturated heterocycles. The summed E-state index contributed by atoms with van der Waals surface area (Å²) in [7, 11) is 0. The largest absolute Gasteiger partial charge is 0.380 e. The lowest BCUT2D eigenvalue weighted by Gasteiger charge is -2.08. The Kier molecular flexibility index (Phi) is 6.14. The summed E-state index contributed by atoms with van der Waals surface area (Å²) >= 11 is 0. The number of rotatable bonds is 8. The minimum atomic E-state index is -0.387. The molecule has 0 fully saturated rings. The predicted molar refractivity (Wildman–Crippen MR) is 71.9 cm³/mol. The van der Waals surface area contributed by atoms with E-state index in [1.54, 1.807) is 18.2 Å². The number of para-hydroxylation sites is 2. The molecular formula is C13H20N2O3. The van der Waals surface area contributed by atoms with E-state index in [4.69, 9.17) is 4.74 Å². The van der Waals surface area contributed by atoms with Gasteiger partial charge >= 0.3 is 0 Å². The van der Waals surface area contributed by atoms with E-state index in [9.17, 15) is 10.1 Å². The fourth-order valence-electron chi connectivity index (χ4n) is 1.46. The van der Waals surface area contributed by atoms with Gasteiger partial charge in [-0.2, -0.15) is 0 Å². The van der Waals surface area contributed by atoms with Crippen molar-refractivity contribution in [1.82, 2.24) is 0 Å². The van der Waals surface area contributed by atoms with E-state index in [1.165, 1.54) is 6.07 Å². The monoisotopic (exact) mass is 252 g/mol. The molecule has 1 aromatic rings. The normalized spacial score (nSPS) is 10.6. The average molecular weight is 252 g/mol. The van der Waals surface area contributed by atoms with Crippen LogP contribution in [0, 0.1) is 16.0 Å². The number of nitrogens with one attached hydrogen (secondary N) is 1. The third-order valence-electron chi connectivity index (χ3n) is 2.50. The third-order valence-corrected chi connectivity index (χ3v) is 2.50.